The van der Waals surface area contributed by atoms with Crippen LogP contribution in [-0.4, -0.2) is 50.3 Å². The van der Waals surface area contributed by atoms with Gasteiger partial charge in [0.05, 0.1) is 0 Å². The van der Waals surface area contributed by atoms with Crippen molar-refractivity contribution in [1.29, 1.82) is 0 Å². The van der Waals surface area contributed by atoms with Crippen LogP contribution in [0.1, 0.15) is 38.5 Å². The number of ether oxygens (including phenoxy) is 2. The Balaban J connectivity index is 1.45. The van der Waals surface area contributed by atoms with Gasteiger partial charge in [0.1, 0.15) is 12.2 Å². The van der Waals surface area contributed by atoms with Crippen molar-refractivity contribution in [2.45, 2.75) is 50.7 Å². The van der Waals surface area contributed by atoms with Crippen molar-refractivity contribution in [2.24, 2.45) is 0 Å². The molecule has 2 fully saturated rings. The summed E-state index contributed by atoms with van der Waals surface area (Å²) in [6.45, 7) is 2.64. The summed E-state index contributed by atoms with van der Waals surface area (Å²) in [7, 11) is 0. The van der Waals surface area contributed by atoms with Crippen LogP contribution in [0, 0.1) is 0 Å². The van der Waals surface area contributed by atoms with E-state index in [1.165, 1.54) is 0 Å². The quantitative estimate of drug-likeness (QED) is 0.662. The van der Waals surface area contributed by atoms with Gasteiger partial charge in [0, 0.05) is 26.3 Å². The van der Waals surface area contributed by atoms with E-state index >= 15 is 0 Å². The van der Waals surface area contributed by atoms with E-state index in [4.69, 9.17) is 9.47 Å². The number of amides is 2. The van der Waals surface area contributed by atoms with Crippen molar-refractivity contribution in [2.75, 3.05) is 26.3 Å². The summed E-state index contributed by atoms with van der Waals surface area (Å²) in [5.74, 6) is -0.0169. The lowest BCUT2D eigenvalue weighted by atomic mass is 10.2. The number of nitrogens with one attached hydrogen (secondary N) is 2. The first-order valence-electron chi connectivity index (χ1n) is 7.56. The molecule has 2 atom stereocenters. The molecule has 0 aromatic carbocycles. The van der Waals surface area contributed by atoms with Crippen LogP contribution in [0.4, 0.5) is 0 Å². The minimum absolute atomic E-state index is 0.00843. The maximum atomic E-state index is 11.6. The average molecular weight is 284 g/mol. The first-order valence-corrected chi connectivity index (χ1v) is 7.56. The molecule has 2 saturated heterocycles. The maximum Gasteiger partial charge on any atom is 0.249 e. The summed E-state index contributed by atoms with van der Waals surface area (Å²) in [6, 6.07) is 0. The van der Waals surface area contributed by atoms with E-state index in [-0.39, 0.29) is 24.0 Å². The van der Waals surface area contributed by atoms with Gasteiger partial charge >= 0.3 is 0 Å². The zero-order valence-corrected chi connectivity index (χ0v) is 11.9. The molecule has 2 amide bonds. The number of carbonyl (C=O) groups is 2. The Morgan fingerprint density at radius 1 is 0.850 bits per heavy atom. The molecule has 0 spiro atoms. The molecule has 0 radical (unpaired) electrons. The third-order valence-electron chi connectivity index (χ3n) is 3.65. The highest BCUT2D eigenvalue weighted by atomic mass is 16.5. The standard InChI is InChI=1S/C14H24N2O4/c17-13(11-5-3-9-19-11)15-7-1-2-8-16-14(18)12-6-4-10-20-12/h11-12H,1-10H2,(H,15,17)(H,16,18)/t11-,12-/m0/s1. The molecule has 0 aliphatic carbocycles. The molecule has 20 heavy (non-hydrogen) atoms. The number of unbranched alkanes of at least 4 members (excludes halogenated alkanes) is 1. The van der Waals surface area contributed by atoms with E-state index in [1.807, 2.05) is 0 Å². The Morgan fingerprint density at radius 3 is 1.65 bits per heavy atom. The topological polar surface area (TPSA) is 76.7 Å². The number of hydrogen-bond donors (Lipinski definition) is 2. The Kier molecular flexibility index (Phi) is 6.26. The van der Waals surface area contributed by atoms with Crippen LogP contribution >= 0.6 is 0 Å². The number of rotatable bonds is 7. The van der Waals surface area contributed by atoms with Crippen LogP contribution in [-0.2, 0) is 19.1 Å². The molecule has 0 saturated carbocycles. The van der Waals surface area contributed by atoms with Gasteiger partial charge < -0.3 is 20.1 Å². The molecular formula is C14H24N2O4. The van der Waals surface area contributed by atoms with Gasteiger partial charge in [0.25, 0.3) is 0 Å². The van der Waals surface area contributed by atoms with E-state index in [1.54, 1.807) is 0 Å². The average Bonchev–Trinajstić information content (AvgIpc) is 3.14. The number of hydrogen-bond acceptors (Lipinski definition) is 4. The predicted octanol–water partition coefficient (Wildman–Crippen LogP) is 0.357. The Hall–Kier alpha value is -1.14. The van der Waals surface area contributed by atoms with Crippen molar-refractivity contribution in [1.82, 2.24) is 10.6 Å². The third-order valence-corrected chi connectivity index (χ3v) is 3.65. The molecule has 2 N–H and O–H groups in total. The molecular weight excluding hydrogens is 260 g/mol. The molecule has 2 heterocycles. The molecule has 2 aliphatic heterocycles. The van der Waals surface area contributed by atoms with Gasteiger partial charge in [-0.25, -0.2) is 0 Å². The first kappa shape index (κ1) is 15.3. The minimum Gasteiger partial charge on any atom is -0.368 e. The zero-order valence-electron chi connectivity index (χ0n) is 11.9. The lowest BCUT2D eigenvalue weighted by Gasteiger charge is -2.11. The molecule has 0 aromatic heterocycles. The van der Waals surface area contributed by atoms with Gasteiger partial charge in [-0.05, 0) is 38.5 Å². The summed E-state index contributed by atoms with van der Waals surface area (Å²) in [4.78, 5) is 23.3. The Morgan fingerprint density at radius 2 is 1.30 bits per heavy atom. The molecule has 2 rings (SSSR count). The second kappa shape index (κ2) is 8.21. The van der Waals surface area contributed by atoms with Crippen LogP contribution in [0.2, 0.25) is 0 Å². The van der Waals surface area contributed by atoms with Crippen molar-refractivity contribution < 1.29 is 19.1 Å². The van der Waals surface area contributed by atoms with Crippen molar-refractivity contribution in [3.8, 4) is 0 Å². The molecule has 0 aromatic rings. The van der Waals surface area contributed by atoms with Crippen molar-refractivity contribution in [3.63, 3.8) is 0 Å². The lowest BCUT2D eigenvalue weighted by molar-refractivity contribution is -0.130. The normalized spacial score (nSPS) is 25.6. The fourth-order valence-corrected chi connectivity index (χ4v) is 2.47. The van der Waals surface area contributed by atoms with Gasteiger partial charge in [0.15, 0.2) is 0 Å². The third kappa shape index (κ3) is 4.76. The molecule has 6 heteroatoms. The summed E-state index contributed by atoms with van der Waals surface area (Å²) in [6.07, 6.45) is 4.77. The van der Waals surface area contributed by atoms with E-state index in [0.717, 1.165) is 38.5 Å². The van der Waals surface area contributed by atoms with E-state index in [2.05, 4.69) is 10.6 Å². The lowest BCUT2D eigenvalue weighted by Crippen LogP contribution is -2.36. The Bertz CT molecular complexity index is 291. The summed E-state index contributed by atoms with van der Waals surface area (Å²) in [5.41, 5.74) is 0. The highest BCUT2D eigenvalue weighted by molar-refractivity contribution is 5.81. The van der Waals surface area contributed by atoms with Gasteiger partial charge in [-0.2, -0.15) is 0 Å². The minimum atomic E-state index is -0.255. The van der Waals surface area contributed by atoms with Crippen molar-refractivity contribution >= 4 is 11.8 Å². The van der Waals surface area contributed by atoms with Crippen LogP contribution in [0.15, 0.2) is 0 Å². The molecule has 0 unspecified atom stereocenters. The molecule has 2 aliphatic rings. The predicted molar refractivity (Wildman–Crippen MR) is 73.2 cm³/mol. The summed E-state index contributed by atoms with van der Waals surface area (Å²) in [5, 5.41) is 5.73. The Labute approximate surface area is 119 Å². The number of carbonyl (C=O) groups excluding carboxylic acids is 2. The second-order valence-corrected chi connectivity index (χ2v) is 5.29. The van der Waals surface area contributed by atoms with Gasteiger partial charge in [-0.1, -0.05) is 0 Å². The SMILES string of the molecule is O=C(NCCCCNC(=O)[C@@H]1CCCO1)[C@@H]1CCCO1. The van der Waals surface area contributed by atoms with Gasteiger partial charge in [-0.3, -0.25) is 9.59 Å². The fraction of sp³-hybridized carbons (Fsp3) is 0.857. The van der Waals surface area contributed by atoms with Crippen molar-refractivity contribution in [3.05, 3.63) is 0 Å². The smallest absolute Gasteiger partial charge is 0.249 e. The van der Waals surface area contributed by atoms with Crippen LogP contribution in [0.5, 0.6) is 0 Å². The monoisotopic (exact) mass is 284 g/mol. The molecule has 114 valence electrons. The molecule has 6 nitrogen and oxygen atoms in total. The molecule has 0 bridgehead atoms. The van der Waals surface area contributed by atoms with Crippen LogP contribution < -0.4 is 10.6 Å². The maximum absolute atomic E-state index is 11.6. The second-order valence-electron chi connectivity index (χ2n) is 5.29. The summed E-state index contributed by atoms with van der Waals surface area (Å²) >= 11 is 0. The van der Waals surface area contributed by atoms with Crippen LogP contribution in [0.3, 0.4) is 0 Å². The summed E-state index contributed by atoms with van der Waals surface area (Å²) < 4.78 is 10.6. The fourth-order valence-electron chi connectivity index (χ4n) is 2.47. The van der Waals surface area contributed by atoms with E-state index in [0.29, 0.717) is 26.3 Å². The zero-order chi connectivity index (χ0) is 14.2. The van der Waals surface area contributed by atoms with E-state index in [9.17, 15) is 9.59 Å². The van der Waals surface area contributed by atoms with E-state index < -0.39 is 0 Å². The van der Waals surface area contributed by atoms with Crippen LogP contribution in [0.25, 0.3) is 0 Å². The highest BCUT2D eigenvalue weighted by Crippen LogP contribution is 2.12. The highest BCUT2D eigenvalue weighted by Gasteiger charge is 2.23. The first-order chi connectivity index (χ1) is 9.77. The largest absolute Gasteiger partial charge is 0.368 e. The van der Waals surface area contributed by atoms with Gasteiger partial charge in [-0.15, -0.1) is 0 Å². The van der Waals surface area contributed by atoms with Gasteiger partial charge in [0.2, 0.25) is 11.8 Å².